The second-order valence-electron chi connectivity index (χ2n) is 15.1. The molecule has 0 saturated heterocycles. The summed E-state index contributed by atoms with van der Waals surface area (Å²) in [6, 6.07) is 54.4. The van der Waals surface area contributed by atoms with Crippen LogP contribution >= 0.6 is 11.3 Å². The van der Waals surface area contributed by atoms with Gasteiger partial charge in [0, 0.05) is 36.9 Å². The van der Waals surface area contributed by atoms with E-state index in [1.54, 1.807) is 17.4 Å². The summed E-state index contributed by atoms with van der Waals surface area (Å²) in [5, 5.41) is 6.38. The minimum absolute atomic E-state index is 0.0593. The molecule has 0 amide bonds. The summed E-state index contributed by atoms with van der Waals surface area (Å²) >= 11 is 1.68. The van der Waals surface area contributed by atoms with Gasteiger partial charge in [-0.3, -0.25) is 0 Å². The average molecular weight is 801 g/mol. The fourth-order valence-electron chi connectivity index (χ4n) is 8.23. The number of aromatic nitrogens is 3. The van der Waals surface area contributed by atoms with E-state index in [1.807, 2.05) is 84.9 Å². The molecule has 0 aliphatic rings. The van der Waals surface area contributed by atoms with Crippen molar-refractivity contribution in [3.63, 3.8) is 0 Å². The summed E-state index contributed by atoms with van der Waals surface area (Å²) in [6.07, 6.45) is 0. The normalized spacial score (nSPS) is 13.2. The van der Waals surface area contributed by atoms with Crippen molar-refractivity contribution in [2.24, 2.45) is 0 Å². The monoisotopic (exact) mass is 800 g/mol. The maximum absolute atomic E-state index is 9.54. The highest BCUT2D eigenvalue weighted by molar-refractivity contribution is 7.26. The average Bonchev–Trinajstić information content (AvgIpc) is 3.77. The van der Waals surface area contributed by atoms with Crippen LogP contribution in [0.15, 0.2) is 212 Å². The second kappa shape index (κ2) is 14.5. The van der Waals surface area contributed by atoms with Crippen LogP contribution in [0.5, 0.6) is 0 Å². The molecule has 0 aliphatic carbocycles. The molecule has 0 N–H and O–H groups in total. The summed E-state index contributed by atoms with van der Waals surface area (Å²) in [7, 11) is 0. The van der Waals surface area contributed by atoms with Crippen LogP contribution in [0.4, 0.5) is 0 Å². The third-order valence-electron chi connectivity index (χ3n) is 11.3. The largest absolute Gasteiger partial charge is 0.208 e. The first-order chi connectivity index (χ1) is 33.1. The van der Waals surface area contributed by atoms with Crippen molar-refractivity contribution in [1.29, 1.82) is 0 Å². The Labute approximate surface area is 366 Å². The van der Waals surface area contributed by atoms with Crippen LogP contribution in [0.3, 0.4) is 0 Å². The quantitative estimate of drug-likeness (QED) is 0.168. The molecule has 0 atom stereocenters. The second-order valence-corrected chi connectivity index (χ2v) is 16.1. The van der Waals surface area contributed by atoms with Gasteiger partial charge < -0.3 is 0 Å². The lowest BCUT2D eigenvalue weighted by molar-refractivity contribution is 1.08. The first-order valence-corrected chi connectivity index (χ1v) is 20.8. The molecule has 0 bridgehead atoms. The number of hydrogen-bond donors (Lipinski definition) is 0. The van der Waals surface area contributed by atoms with Gasteiger partial charge in [0.2, 0.25) is 0 Å². The molecular formula is C57H35N3S. The van der Waals surface area contributed by atoms with Gasteiger partial charge in [0.1, 0.15) is 0 Å². The highest BCUT2D eigenvalue weighted by atomic mass is 32.1. The van der Waals surface area contributed by atoms with E-state index in [4.69, 9.17) is 21.8 Å². The molecule has 2 aromatic heterocycles. The van der Waals surface area contributed by atoms with Crippen molar-refractivity contribution in [2.45, 2.75) is 0 Å². The Morgan fingerprint density at radius 3 is 1.70 bits per heavy atom. The summed E-state index contributed by atoms with van der Waals surface area (Å²) < 4.78 is 64.5. The van der Waals surface area contributed by atoms with Crippen LogP contribution in [0.2, 0.25) is 0 Å². The number of fused-ring (bicyclic) bond motifs is 6. The molecule has 0 fully saturated rings. The van der Waals surface area contributed by atoms with Gasteiger partial charge in [-0.25, -0.2) is 15.0 Å². The SMILES string of the molecule is [2H]c1c([2H])c([2H])c2c([2H])c(-c3cc(-c4ccc5cc(-c6ccc7ccccc7c6)ccc5c4)cc(-c4nc(-c5ccccc5)nc(-c5cccc6c5sc5ccccc56)n4)c3)c([2H])c([2H])c2c1[2H]. The summed E-state index contributed by atoms with van der Waals surface area (Å²) in [5.41, 5.74) is 6.45. The van der Waals surface area contributed by atoms with E-state index in [0.29, 0.717) is 28.6 Å². The number of hydrogen-bond acceptors (Lipinski definition) is 4. The molecule has 4 heteroatoms. The molecule has 0 radical (unpaired) electrons. The van der Waals surface area contributed by atoms with Crippen LogP contribution in [0.25, 0.3) is 120 Å². The Morgan fingerprint density at radius 1 is 0.344 bits per heavy atom. The molecule has 3 nitrogen and oxygen atoms in total. The first-order valence-electron chi connectivity index (χ1n) is 23.5. The van der Waals surface area contributed by atoms with Crippen LogP contribution in [0, 0.1) is 0 Å². The van der Waals surface area contributed by atoms with Crippen LogP contribution in [-0.2, 0) is 0 Å². The maximum Gasteiger partial charge on any atom is 0.165 e. The van der Waals surface area contributed by atoms with E-state index in [-0.39, 0.29) is 34.5 Å². The topological polar surface area (TPSA) is 38.7 Å². The summed E-state index contributed by atoms with van der Waals surface area (Å²) in [6.45, 7) is 0. The van der Waals surface area contributed by atoms with Crippen molar-refractivity contribution in [1.82, 2.24) is 15.0 Å². The van der Waals surface area contributed by atoms with Crippen molar-refractivity contribution >= 4 is 63.8 Å². The standard InChI is InChI=1S/C57H35N3S/c1-2-13-38(14-3-1)55-58-56(60-57(59-55)52-19-10-18-51-50-17-8-9-20-53(50)61-54(51)52)49-34-47(45-24-22-37-12-5-7-16-40(37)30-45)33-48(35-49)46-28-27-43-31-42(25-26-44(43)32-46)41-23-21-36-11-4-6-15-39(36)29-41/h1-35H/i5D,7D,12D,16D,22D,24D,30D. The molecule has 0 aliphatic heterocycles. The van der Waals surface area contributed by atoms with Crippen molar-refractivity contribution in [3.8, 4) is 67.5 Å². The number of benzene rings is 10. The minimum Gasteiger partial charge on any atom is -0.208 e. The van der Waals surface area contributed by atoms with E-state index in [2.05, 4.69) is 78.9 Å². The molecule has 0 spiro atoms. The van der Waals surface area contributed by atoms with E-state index >= 15 is 0 Å². The fraction of sp³-hybridized carbons (Fsp3) is 0. The zero-order chi connectivity index (χ0) is 46.4. The van der Waals surface area contributed by atoms with Gasteiger partial charge in [-0.15, -0.1) is 11.3 Å². The lowest BCUT2D eigenvalue weighted by atomic mass is 9.93. The van der Waals surface area contributed by atoms with E-state index in [9.17, 15) is 2.74 Å². The molecule has 12 aromatic rings. The molecule has 2 heterocycles. The summed E-state index contributed by atoms with van der Waals surface area (Å²) in [4.78, 5) is 15.4. The third-order valence-corrected chi connectivity index (χ3v) is 12.5. The predicted molar refractivity (Wildman–Crippen MR) is 258 cm³/mol. The predicted octanol–water partition coefficient (Wildman–Crippen LogP) is 15.7. The summed E-state index contributed by atoms with van der Waals surface area (Å²) in [5.74, 6) is 1.28. The Hall–Kier alpha value is -7.79. The van der Waals surface area contributed by atoms with E-state index in [1.165, 1.54) is 10.8 Å². The van der Waals surface area contributed by atoms with E-state index < -0.39 is 24.2 Å². The zero-order valence-electron chi connectivity index (χ0n) is 39.4. The minimum atomic E-state index is -0.515. The molecular weight excluding hydrogens is 759 g/mol. The highest BCUT2D eigenvalue weighted by Gasteiger charge is 2.18. The van der Waals surface area contributed by atoms with Gasteiger partial charge in [0.15, 0.2) is 17.5 Å². The molecule has 284 valence electrons. The number of rotatable bonds is 6. The van der Waals surface area contributed by atoms with Gasteiger partial charge in [-0.2, -0.15) is 0 Å². The Morgan fingerprint density at radius 2 is 0.918 bits per heavy atom. The maximum atomic E-state index is 9.54. The number of nitrogens with zero attached hydrogens (tertiary/aromatic N) is 3. The zero-order valence-corrected chi connectivity index (χ0v) is 33.2. The van der Waals surface area contributed by atoms with Gasteiger partial charge in [-0.1, -0.05) is 158 Å². The Kier molecular flexibility index (Phi) is 6.79. The van der Waals surface area contributed by atoms with Gasteiger partial charge in [0.05, 0.1) is 9.60 Å². The van der Waals surface area contributed by atoms with Crippen LogP contribution in [-0.4, -0.2) is 15.0 Å². The fourth-order valence-corrected chi connectivity index (χ4v) is 9.44. The molecule has 10 aromatic carbocycles. The van der Waals surface area contributed by atoms with Crippen LogP contribution < -0.4 is 0 Å². The lowest BCUT2D eigenvalue weighted by Crippen LogP contribution is -2.00. The number of thiophene rings is 1. The third kappa shape index (κ3) is 6.42. The first kappa shape index (κ1) is 28.6. The van der Waals surface area contributed by atoms with Crippen molar-refractivity contribution in [3.05, 3.63) is 212 Å². The van der Waals surface area contributed by atoms with Gasteiger partial charge in [0.25, 0.3) is 0 Å². The molecule has 12 rings (SSSR count). The Balaban J connectivity index is 1.09. The van der Waals surface area contributed by atoms with E-state index in [0.717, 1.165) is 64.3 Å². The highest BCUT2D eigenvalue weighted by Crippen LogP contribution is 2.41. The molecule has 0 saturated carbocycles. The van der Waals surface area contributed by atoms with Gasteiger partial charge >= 0.3 is 0 Å². The van der Waals surface area contributed by atoms with Crippen molar-refractivity contribution in [2.75, 3.05) is 0 Å². The van der Waals surface area contributed by atoms with Crippen LogP contribution in [0.1, 0.15) is 9.60 Å². The smallest absolute Gasteiger partial charge is 0.165 e. The molecule has 61 heavy (non-hydrogen) atoms. The Bertz CT molecular complexity index is 4080. The van der Waals surface area contributed by atoms with Gasteiger partial charge in [-0.05, 0) is 120 Å². The lowest BCUT2D eigenvalue weighted by Gasteiger charge is -2.14. The molecule has 0 unspecified atom stereocenters. The van der Waals surface area contributed by atoms with Crippen molar-refractivity contribution < 1.29 is 9.60 Å².